The number of anilines is 1. The van der Waals surface area contributed by atoms with Crippen LogP contribution in [0.2, 0.25) is 0 Å². The van der Waals surface area contributed by atoms with Crippen molar-refractivity contribution in [2.24, 2.45) is 0 Å². The molecule has 0 aliphatic rings. The molecule has 0 radical (unpaired) electrons. The molecule has 0 aliphatic heterocycles. The number of phenols is 1. The molecular formula is C32H35N3O6. The molecule has 0 fully saturated rings. The number of nitrogens with one attached hydrogen (secondary N) is 2. The summed E-state index contributed by atoms with van der Waals surface area (Å²) in [7, 11) is 1.54. The number of carbonyl (C=O) groups excluding carboxylic acids is 3. The maximum atomic E-state index is 14.1. The molecule has 214 valence electrons. The molecule has 3 amide bonds. The van der Waals surface area contributed by atoms with Crippen LogP contribution < -0.4 is 15.4 Å². The number of benzene rings is 3. The van der Waals surface area contributed by atoms with Gasteiger partial charge in [0, 0.05) is 18.2 Å². The summed E-state index contributed by atoms with van der Waals surface area (Å²) in [4.78, 5) is 41.6. The minimum absolute atomic E-state index is 0.0249. The molecule has 41 heavy (non-hydrogen) atoms. The van der Waals surface area contributed by atoms with Crippen LogP contribution in [0.5, 0.6) is 11.5 Å². The molecule has 0 bridgehead atoms. The van der Waals surface area contributed by atoms with Crippen molar-refractivity contribution in [2.75, 3.05) is 12.4 Å². The highest BCUT2D eigenvalue weighted by atomic mass is 16.6. The van der Waals surface area contributed by atoms with E-state index in [0.717, 1.165) is 10.5 Å². The second-order valence-corrected chi connectivity index (χ2v) is 10.4. The van der Waals surface area contributed by atoms with Crippen LogP contribution in [0.1, 0.15) is 43.5 Å². The highest BCUT2D eigenvalue weighted by molar-refractivity contribution is 6.00. The van der Waals surface area contributed by atoms with Gasteiger partial charge in [-0.05, 0) is 80.8 Å². The van der Waals surface area contributed by atoms with Gasteiger partial charge < -0.3 is 25.2 Å². The average molecular weight is 558 g/mol. The fraction of sp³-hybridized carbons (Fsp3) is 0.281. The number of aromatic hydroxyl groups is 1. The third kappa shape index (κ3) is 8.51. The van der Waals surface area contributed by atoms with Gasteiger partial charge in [-0.15, -0.1) is 0 Å². The summed E-state index contributed by atoms with van der Waals surface area (Å²) in [5.74, 6) is -0.568. The summed E-state index contributed by atoms with van der Waals surface area (Å²) in [5, 5.41) is 15.1. The predicted molar refractivity (Wildman–Crippen MR) is 156 cm³/mol. The number of ether oxygens (including phenoxy) is 2. The van der Waals surface area contributed by atoms with Gasteiger partial charge in [-0.25, -0.2) is 4.79 Å². The van der Waals surface area contributed by atoms with Crippen molar-refractivity contribution in [3.05, 3.63) is 89.5 Å². The molecule has 0 saturated heterocycles. The topological polar surface area (TPSA) is 117 Å². The molecule has 0 saturated carbocycles. The Bertz CT molecular complexity index is 1410. The van der Waals surface area contributed by atoms with Gasteiger partial charge in [0.2, 0.25) is 0 Å². The number of rotatable bonds is 9. The molecule has 3 rings (SSSR count). The van der Waals surface area contributed by atoms with Crippen molar-refractivity contribution in [3.63, 3.8) is 0 Å². The fourth-order valence-electron chi connectivity index (χ4n) is 4.13. The van der Waals surface area contributed by atoms with Crippen LogP contribution in [0.15, 0.2) is 72.8 Å². The Kier molecular flexibility index (Phi) is 9.99. The van der Waals surface area contributed by atoms with E-state index < -0.39 is 35.6 Å². The van der Waals surface area contributed by atoms with E-state index in [9.17, 15) is 19.5 Å². The van der Waals surface area contributed by atoms with Gasteiger partial charge in [-0.2, -0.15) is 0 Å². The van der Waals surface area contributed by atoms with Crippen LogP contribution in [-0.2, 0) is 20.7 Å². The minimum atomic E-state index is -1.22. The van der Waals surface area contributed by atoms with Crippen molar-refractivity contribution in [3.8, 4) is 24.0 Å². The summed E-state index contributed by atoms with van der Waals surface area (Å²) in [6.45, 7) is 6.92. The second-order valence-electron chi connectivity index (χ2n) is 10.4. The lowest BCUT2D eigenvalue weighted by Gasteiger charge is -2.31. The number of alkyl carbamates (subject to hydrolysis) is 1. The van der Waals surface area contributed by atoms with Crippen molar-refractivity contribution in [2.45, 2.75) is 51.8 Å². The Morgan fingerprint density at radius 2 is 1.63 bits per heavy atom. The largest absolute Gasteiger partial charge is 0.508 e. The van der Waals surface area contributed by atoms with E-state index >= 15 is 0 Å². The van der Waals surface area contributed by atoms with Crippen molar-refractivity contribution in [1.82, 2.24) is 10.2 Å². The van der Waals surface area contributed by atoms with E-state index in [1.807, 2.05) is 19.1 Å². The highest BCUT2D eigenvalue weighted by Gasteiger charge is 2.36. The van der Waals surface area contributed by atoms with E-state index in [2.05, 4.69) is 16.7 Å². The minimum Gasteiger partial charge on any atom is -0.508 e. The van der Waals surface area contributed by atoms with E-state index in [-0.39, 0.29) is 12.2 Å². The number of hydrogen-bond acceptors (Lipinski definition) is 6. The molecule has 9 nitrogen and oxygen atoms in total. The van der Waals surface area contributed by atoms with Gasteiger partial charge in [0.25, 0.3) is 11.8 Å². The predicted octanol–water partition coefficient (Wildman–Crippen LogP) is 4.94. The van der Waals surface area contributed by atoms with Crippen LogP contribution in [0.25, 0.3) is 0 Å². The molecule has 3 aromatic rings. The van der Waals surface area contributed by atoms with Gasteiger partial charge in [-0.1, -0.05) is 42.8 Å². The second kappa shape index (κ2) is 13.4. The number of phenolic OH excluding ortho intramolecular Hbond substituents is 1. The number of methoxy groups -OCH3 is 1. The van der Waals surface area contributed by atoms with Crippen LogP contribution in [0.4, 0.5) is 10.5 Å². The Labute approximate surface area is 240 Å². The molecule has 3 aromatic carbocycles. The first-order chi connectivity index (χ1) is 19.4. The van der Waals surface area contributed by atoms with Gasteiger partial charge in [0.05, 0.1) is 7.11 Å². The third-order valence-corrected chi connectivity index (χ3v) is 6.09. The van der Waals surface area contributed by atoms with Crippen LogP contribution in [0.3, 0.4) is 0 Å². The van der Waals surface area contributed by atoms with E-state index in [4.69, 9.17) is 15.9 Å². The molecule has 9 heteroatoms. The zero-order chi connectivity index (χ0) is 30.2. The van der Waals surface area contributed by atoms with Crippen LogP contribution >= 0.6 is 0 Å². The standard InChI is InChI=1S/C32H35N3O6/c1-7-35(30(38)27(34-31(39)41-32(3,4)5)20-22-12-16-24(36)17-13-22)28(26-11-9-8-10-21(26)2)29(37)33-23-14-18-25(40-6)19-15-23/h1,8-19,27-28,36H,20H2,2-6H3,(H,33,37)(H,34,39). The lowest BCUT2D eigenvalue weighted by Crippen LogP contribution is -2.51. The smallest absolute Gasteiger partial charge is 0.408 e. The number of hydrogen-bond donors (Lipinski definition) is 3. The van der Waals surface area contributed by atoms with Crippen LogP contribution in [-0.4, -0.2) is 46.7 Å². The van der Waals surface area contributed by atoms with E-state index in [1.165, 1.54) is 19.2 Å². The third-order valence-electron chi connectivity index (χ3n) is 6.09. The number of amides is 3. The maximum absolute atomic E-state index is 14.1. The number of terminal acetylenes is 1. The van der Waals surface area contributed by atoms with Gasteiger partial charge in [-0.3, -0.25) is 14.5 Å². The summed E-state index contributed by atoms with van der Waals surface area (Å²) >= 11 is 0. The molecule has 0 aromatic heterocycles. The van der Waals surface area contributed by atoms with Crippen molar-refractivity contribution >= 4 is 23.6 Å². The Morgan fingerprint density at radius 3 is 2.20 bits per heavy atom. The van der Waals surface area contributed by atoms with Gasteiger partial charge in [0.1, 0.15) is 29.2 Å². The normalized spacial score (nSPS) is 12.3. The lowest BCUT2D eigenvalue weighted by atomic mass is 9.97. The average Bonchev–Trinajstić information content (AvgIpc) is 2.92. The molecule has 2 unspecified atom stereocenters. The molecule has 3 N–H and O–H groups in total. The van der Waals surface area contributed by atoms with E-state index in [1.54, 1.807) is 69.3 Å². The lowest BCUT2D eigenvalue weighted by molar-refractivity contribution is -0.136. The summed E-state index contributed by atoms with van der Waals surface area (Å²) in [6.07, 6.45) is 5.10. The first kappa shape index (κ1) is 30.6. The Morgan fingerprint density at radius 1 is 1.00 bits per heavy atom. The SMILES string of the molecule is C#CN(C(=O)C(Cc1ccc(O)cc1)NC(=O)OC(C)(C)C)C(C(=O)Nc1ccc(OC)cc1)c1ccccc1C. The fourth-order valence-corrected chi connectivity index (χ4v) is 4.13. The highest BCUT2D eigenvalue weighted by Crippen LogP contribution is 2.27. The Hall–Kier alpha value is -4.97. The first-order valence-electron chi connectivity index (χ1n) is 13.0. The molecule has 0 spiro atoms. The summed E-state index contributed by atoms with van der Waals surface area (Å²) in [6, 6.07) is 20.0. The zero-order valence-corrected chi connectivity index (χ0v) is 23.8. The Balaban J connectivity index is 2.01. The van der Waals surface area contributed by atoms with E-state index in [0.29, 0.717) is 22.6 Å². The van der Waals surface area contributed by atoms with Gasteiger partial charge >= 0.3 is 6.09 Å². The zero-order valence-electron chi connectivity index (χ0n) is 23.8. The quantitative estimate of drug-likeness (QED) is 0.253. The molecular weight excluding hydrogens is 522 g/mol. The van der Waals surface area contributed by atoms with Crippen molar-refractivity contribution < 1.29 is 29.0 Å². The van der Waals surface area contributed by atoms with Gasteiger partial charge in [0.15, 0.2) is 0 Å². The van der Waals surface area contributed by atoms with Crippen molar-refractivity contribution in [1.29, 1.82) is 0 Å². The first-order valence-corrected chi connectivity index (χ1v) is 13.0. The summed E-state index contributed by atoms with van der Waals surface area (Å²) < 4.78 is 10.6. The number of carbonyl (C=O) groups is 3. The molecule has 0 heterocycles. The maximum Gasteiger partial charge on any atom is 0.408 e. The summed E-state index contributed by atoms with van der Waals surface area (Å²) in [5.41, 5.74) is 1.57. The monoisotopic (exact) mass is 557 g/mol. The number of aryl methyl sites for hydroxylation is 1. The molecule has 2 atom stereocenters. The molecule has 0 aliphatic carbocycles. The number of nitrogens with zero attached hydrogens (tertiary/aromatic N) is 1. The van der Waals surface area contributed by atoms with Crippen LogP contribution in [0, 0.1) is 19.4 Å².